The summed E-state index contributed by atoms with van der Waals surface area (Å²) in [4.78, 5) is 2.45. The van der Waals surface area contributed by atoms with Gasteiger partial charge in [0.15, 0.2) is 0 Å². The van der Waals surface area contributed by atoms with Crippen LogP contribution in [0.5, 0.6) is 0 Å². The smallest absolute Gasteiger partial charge is 0.0431 e. The number of unbranched alkanes of at least 4 members (excludes halogenated alkanes) is 2. The van der Waals surface area contributed by atoms with Crippen molar-refractivity contribution in [2.45, 2.75) is 51.9 Å². The Balaban J connectivity index is 2.32. The minimum Gasteiger partial charge on any atom is -0.396 e. The molecule has 3 nitrogen and oxygen atoms in total. The zero-order chi connectivity index (χ0) is 13.4. The first-order valence-corrected chi connectivity index (χ1v) is 7.61. The number of aliphatic hydroxyl groups excluding tert-OH is 1. The molecule has 1 saturated carbocycles. The van der Waals surface area contributed by atoms with Gasteiger partial charge in [0.2, 0.25) is 0 Å². The van der Waals surface area contributed by atoms with Gasteiger partial charge in [-0.05, 0) is 63.6 Å². The normalized spacial score (nSPS) is 28.8. The van der Waals surface area contributed by atoms with Gasteiger partial charge in [-0.3, -0.25) is 0 Å². The van der Waals surface area contributed by atoms with Gasteiger partial charge in [-0.15, -0.1) is 0 Å². The highest BCUT2D eigenvalue weighted by Crippen LogP contribution is 2.39. The Labute approximate surface area is 113 Å². The van der Waals surface area contributed by atoms with Crippen LogP contribution < -0.4 is 5.73 Å². The molecule has 0 radical (unpaired) electrons. The number of hydrogen-bond donors (Lipinski definition) is 2. The Bertz CT molecular complexity index is 223. The number of hydrogen-bond acceptors (Lipinski definition) is 3. The fourth-order valence-electron chi connectivity index (χ4n) is 3.48. The Morgan fingerprint density at radius 2 is 2.11 bits per heavy atom. The summed E-state index contributed by atoms with van der Waals surface area (Å²) in [6.45, 7) is 5.81. The van der Waals surface area contributed by atoms with Crippen LogP contribution in [-0.2, 0) is 0 Å². The largest absolute Gasteiger partial charge is 0.396 e. The van der Waals surface area contributed by atoms with Crippen molar-refractivity contribution in [3.05, 3.63) is 0 Å². The molecule has 3 heteroatoms. The van der Waals surface area contributed by atoms with E-state index in [0.29, 0.717) is 12.0 Å². The predicted molar refractivity (Wildman–Crippen MR) is 77.6 cm³/mol. The van der Waals surface area contributed by atoms with E-state index in [1.165, 1.54) is 32.1 Å². The van der Waals surface area contributed by atoms with Gasteiger partial charge in [0, 0.05) is 13.2 Å². The maximum atomic E-state index is 8.77. The molecule has 0 aromatic carbocycles. The van der Waals surface area contributed by atoms with Crippen LogP contribution >= 0.6 is 0 Å². The van der Waals surface area contributed by atoms with Crippen molar-refractivity contribution < 1.29 is 5.11 Å². The minimum atomic E-state index is 0.327. The van der Waals surface area contributed by atoms with Crippen molar-refractivity contribution >= 4 is 0 Å². The summed E-state index contributed by atoms with van der Waals surface area (Å²) in [5, 5.41) is 8.77. The second-order valence-electron chi connectivity index (χ2n) is 6.43. The van der Waals surface area contributed by atoms with Crippen molar-refractivity contribution in [3.8, 4) is 0 Å². The van der Waals surface area contributed by atoms with Gasteiger partial charge in [0.25, 0.3) is 0 Å². The molecule has 0 heterocycles. The second-order valence-corrected chi connectivity index (χ2v) is 6.43. The van der Waals surface area contributed by atoms with E-state index < -0.39 is 0 Å². The lowest BCUT2D eigenvalue weighted by atomic mass is 9.70. The van der Waals surface area contributed by atoms with Crippen LogP contribution in [0.4, 0.5) is 0 Å². The van der Waals surface area contributed by atoms with E-state index in [1.807, 2.05) is 0 Å². The molecule has 18 heavy (non-hydrogen) atoms. The fourth-order valence-corrected chi connectivity index (χ4v) is 3.48. The van der Waals surface area contributed by atoms with Gasteiger partial charge in [-0.1, -0.05) is 19.8 Å². The number of rotatable bonds is 8. The third-order valence-corrected chi connectivity index (χ3v) is 4.42. The van der Waals surface area contributed by atoms with Crippen molar-refractivity contribution in [2.24, 2.45) is 17.1 Å². The highest BCUT2D eigenvalue weighted by atomic mass is 16.2. The molecule has 2 atom stereocenters. The summed E-state index contributed by atoms with van der Waals surface area (Å²) in [7, 11) is 2.22. The van der Waals surface area contributed by atoms with E-state index in [-0.39, 0.29) is 0 Å². The molecule has 1 aliphatic rings. The van der Waals surface area contributed by atoms with Gasteiger partial charge in [-0.25, -0.2) is 0 Å². The predicted octanol–water partition coefficient (Wildman–Crippen LogP) is 2.24. The molecule has 0 aromatic rings. The van der Waals surface area contributed by atoms with Crippen LogP contribution in [0.1, 0.15) is 51.9 Å². The Morgan fingerprint density at radius 1 is 1.33 bits per heavy atom. The second kappa shape index (κ2) is 8.13. The van der Waals surface area contributed by atoms with Crippen molar-refractivity contribution in [3.63, 3.8) is 0 Å². The van der Waals surface area contributed by atoms with Crippen LogP contribution in [0.3, 0.4) is 0 Å². The summed E-state index contributed by atoms with van der Waals surface area (Å²) < 4.78 is 0. The molecule has 0 aromatic heterocycles. The third-order valence-electron chi connectivity index (χ3n) is 4.42. The fraction of sp³-hybridized carbons (Fsp3) is 1.00. The van der Waals surface area contributed by atoms with Gasteiger partial charge >= 0.3 is 0 Å². The van der Waals surface area contributed by atoms with Crippen molar-refractivity contribution in [1.82, 2.24) is 4.90 Å². The van der Waals surface area contributed by atoms with Gasteiger partial charge < -0.3 is 15.7 Å². The summed E-state index contributed by atoms with van der Waals surface area (Å²) in [5.74, 6) is 0.838. The third kappa shape index (κ3) is 5.25. The summed E-state index contributed by atoms with van der Waals surface area (Å²) >= 11 is 0. The average molecular weight is 256 g/mol. The zero-order valence-electron chi connectivity index (χ0n) is 12.3. The molecule has 108 valence electrons. The summed E-state index contributed by atoms with van der Waals surface area (Å²) in [5.41, 5.74) is 6.43. The van der Waals surface area contributed by atoms with E-state index in [1.54, 1.807) is 0 Å². The molecule has 1 aliphatic carbocycles. The molecule has 3 N–H and O–H groups in total. The molecule has 2 unspecified atom stereocenters. The topological polar surface area (TPSA) is 49.5 Å². The van der Waals surface area contributed by atoms with Gasteiger partial charge in [0.05, 0.1) is 0 Å². The number of nitrogens with two attached hydrogens (primary N) is 1. The first-order chi connectivity index (χ1) is 8.62. The SMILES string of the molecule is CC1CCCC(CN)(CN(C)CCCCCO)C1. The Hall–Kier alpha value is -0.120. The molecule has 0 spiro atoms. The zero-order valence-corrected chi connectivity index (χ0v) is 12.3. The lowest BCUT2D eigenvalue weighted by Gasteiger charge is -2.41. The number of nitrogens with zero attached hydrogens (tertiary/aromatic N) is 1. The van der Waals surface area contributed by atoms with E-state index in [0.717, 1.165) is 38.4 Å². The quantitative estimate of drug-likeness (QED) is 0.655. The lowest BCUT2D eigenvalue weighted by molar-refractivity contribution is 0.100. The monoisotopic (exact) mass is 256 g/mol. The van der Waals surface area contributed by atoms with E-state index in [9.17, 15) is 0 Å². The highest BCUT2D eigenvalue weighted by molar-refractivity contribution is 4.88. The summed E-state index contributed by atoms with van der Waals surface area (Å²) in [6, 6.07) is 0. The van der Waals surface area contributed by atoms with E-state index in [2.05, 4.69) is 18.9 Å². The highest BCUT2D eigenvalue weighted by Gasteiger charge is 2.34. The molecule has 1 fully saturated rings. The van der Waals surface area contributed by atoms with Gasteiger partial charge in [-0.2, -0.15) is 0 Å². The van der Waals surface area contributed by atoms with E-state index in [4.69, 9.17) is 10.8 Å². The van der Waals surface area contributed by atoms with Crippen LogP contribution in [0.15, 0.2) is 0 Å². The number of aliphatic hydroxyl groups is 1. The van der Waals surface area contributed by atoms with Crippen LogP contribution in [0, 0.1) is 11.3 Å². The molecular formula is C15H32N2O. The molecule has 1 rings (SSSR count). The molecule has 0 bridgehead atoms. The van der Waals surface area contributed by atoms with Crippen LogP contribution in [0.2, 0.25) is 0 Å². The lowest BCUT2D eigenvalue weighted by Crippen LogP contribution is -2.44. The van der Waals surface area contributed by atoms with Crippen molar-refractivity contribution in [2.75, 3.05) is 33.3 Å². The first kappa shape index (κ1) is 15.9. The first-order valence-electron chi connectivity index (χ1n) is 7.61. The van der Waals surface area contributed by atoms with Crippen LogP contribution in [0.25, 0.3) is 0 Å². The van der Waals surface area contributed by atoms with E-state index >= 15 is 0 Å². The molecule has 0 aliphatic heterocycles. The van der Waals surface area contributed by atoms with Crippen LogP contribution in [-0.4, -0.2) is 43.3 Å². The van der Waals surface area contributed by atoms with Crippen molar-refractivity contribution in [1.29, 1.82) is 0 Å². The van der Waals surface area contributed by atoms with Gasteiger partial charge in [0.1, 0.15) is 0 Å². The Kier molecular flexibility index (Phi) is 7.20. The summed E-state index contributed by atoms with van der Waals surface area (Å²) in [6.07, 6.45) is 8.57. The maximum Gasteiger partial charge on any atom is 0.0431 e. The molecule has 0 amide bonds. The molecular weight excluding hydrogens is 224 g/mol. The standard InChI is InChI=1S/C15H32N2O/c1-14-7-6-8-15(11-14,12-16)13-17(2)9-4-3-5-10-18/h14,18H,3-13,16H2,1-2H3. The Morgan fingerprint density at radius 3 is 2.72 bits per heavy atom. The molecule has 0 saturated heterocycles. The maximum absolute atomic E-state index is 8.77. The average Bonchev–Trinajstić information content (AvgIpc) is 2.34. The minimum absolute atomic E-state index is 0.327.